The highest BCUT2D eigenvalue weighted by molar-refractivity contribution is 5.01. The topological polar surface area (TPSA) is 38.0 Å². The van der Waals surface area contributed by atoms with Gasteiger partial charge in [-0.3, -0.25) is 4.68 Å². The van der Waals surface area contributed by atoms with Gasteiger partial charge in [0, 0.05) is 24.9 Å². The standard InChI is InChI=1S/C8H14N2O/c1-3-10-8(4-5-9-10)6-7(2)11/h4-5,7,11H,3,6H2,1-2H3. The molecule has 62 valence electrons. The van der Waals surface area contributed by atoms with Gasteiger partial charge in [-0.25, -0.2) is 0 Å². The van der Waals surface area contributed by atoms with Crippen molar-refractivity contribution in [2.75, 3.05) is 0 Å². The predicted molar refractivity (Wildman–Crippen MR) is 43.3 cm³/mol. The van der Waals surface area contributed by atoms with E-state index in [9.17, 15) is 0 Å². The second-order valence-electron chi connectivity index (χ2n) is 2.69. The van der Waals surface area contributed by atoms with E-state index in [2.05, 4.69) is 5.10 Å². The zero-order chi connectivity index (χ0) is 8.27. The first-order chi connectivity index (χ1) is 5.24. The van der Waals surface area contributed by atoms with Crippen LogP contribution < -0.4 is 0 Å². The largest absolute Gasteiger partial charge is 0.393 e. The Labute approximate surface area is 66.7 Å². The highest BCUT2D eigenvalue weighted by Crippen LogP contribution is 2.02. The lowest BCUT2D eigenvalue weighted by Gasteiger charge is -2.05. The van der Waals surface area contributed by atoms with E-state index in [0.717, 1.165) is 12.2 Å². The second-order valence-corrected chi connectivity index (χ2v) is 2.69. The van der Waals surface area contributed by atoms with E-state index >= 15 is 0 Å². The van der Waals surface area contributed by atoms with Crippen LogP contribution >= 0.6 is 0 Å². The van der Waals surface area contributed by atoms with Crippen molar-refractivity contribution < 1.29 is 5.11 Å². The Morgan fingerprint density at radius 1 is 1.73 bits per heavy atom. The Kier molecular flexibility index (Phi) is 2.65. The summed E-state index contributed by atoms with van der Waals surface area (Å²) < 4.78 is 1.90. The van der Waals surface area contributed by atoms with E-state index in [4.69, 9.17) is 5.11 Å². The summed E-state index contributed by atoms with van der Waals surface area (Å²) in [6.07, 6.45) is 2.17. The molecule has 0 saturated heterocycles. The Bertz CT molecular complexity index is 218. The first-order valence-corrected chi connectivity index (χ1v) is 3.92. The highest BCUT2D eigenvalue weighted by Gasteiger charge is 2.03. The van der Waals surface area contributed by atoms with Gasteiger partial charge in [-0.1, -0.05) is 0 Å². The lowest BCUT2D eigenvalue weighted by molar-refractivity contribution is 0.192. The molecule has 1 heterocycles. The number of nitrogens with zero attached hydrogens (tertiary/aromatic N) is 2. The molecule has 3 nitrogen and oxygen atoms in total. The van der Waals surface area contributed by atoms with Crippen LogP contribution in [-0.2, 0) is 13.0 Å². The van der Waals surface area contributed by atoms with Crippen molar-refractivity contribution in [2.24, 2.45) is 0 Å². The molecular formula is C8H14N2O. The third-order valence-corrected chi connectivity index (χ3v) is 1.61. The molecule has 1 unspecified atom stereocenters. The quantitative estimate of drug-likeness (QED) is 0.700. The third-order valence-electron chi connectivity index (χ3n) is 1.61. The number of aliphatic hydroxyl groups is 1. The van der Waals surface area contributed by atoms with Gasteiger partial charge in [-0.05, 0) is 19.9 Å². The Morgan fingerprint density at radius 2 is 2.45 bits per heavy atom. The molecule has 3 heteroatoms. The molecule has 0 aromatic carbocycles. The molecule has 1 N–H and O–H groups in total. The van der Waals surface area contributed by atoms with E-state index in [-0.39, 0.29) is 6.10 Å². The molecule has 11 heavy (non-hydrogen) atoms. The normalized spacial score (nSPS) is 13.4. The van der Waals surface area contributed by atoms with Gasteiger partial charge in [0.25, 0.3) is 0 Å². The smallest absolute Gasteiger partial charge is 0.0567 e. The minimum Gasteiger partial charge on any atom is -0.393 e. The van der Waals surface area contributed by atoms with Crippen molar-refractivity contribution in [3.8, 4) is 0 Å². The molecule has 0 amide bonds. The summed E-state index contributed by atoms with van der Waals surface area (Å²) >= 11 is 0. The van der Waals surface area contributed by atoms with Crippen LogP contribution in [0.4, 0.5) is 0 Å². The van der Waals surface area contributed by atoms with E-state index < -0.39 is 0 Å². The fourth-order valence-corrected chi connectivity index (χ4v) is 1.12. The average molecular weight is 154 g/mol. The molecule has 0 spiro atoms. The van der Waals surface area contributed by atoms with Crippen LogP contribution in [0.5, 0.6) is 0 Å². The average Bonchev–Trinajstić information content (AvgIpc) is 2.34. The number of aryl methyl sites for hydroxylation is 1. The van der Waals surface area contributed by atoms with Gasteiger partial charge in [0.2, 0.25) is 0 Å². The molecule has 1 atom stereocenters. The van der Waals surface area contributed by atoms with Crippen molar-refractivity contribution in [3.63, 3.8) is 0 Å². The molecule has 0 aliphatic heterocycles. The fourth-order valence-electron chi connectivity index (χ4n) is 1.12. The second kappa shape index (κ2) is 3.53. The summed E-state index contributed by atoms with van der Waals surface area (Å²) in [7, 11) is 0. The van der Waals surface area contributed by atoms with Crippen LogP contribution in [-0.4, -0.2) is 21.0 Å². The first-order valence-electron chi connectivity index (χ1n) is 3.92. The summed E-state index contributed by atoms with van der Waals surface area (Å²) in [5, 5.41) is 13.2. The molecule has 0 fully saturated rings. The molecule has 0 aliphatic rings. The molecule has 0 aliphatic carbocycles. The minimum atomic E-state index is -0.281. The number of rotatable bonds is 3. The highest BCUT2D eigenvalue weighted by atomic mass is 16.3. The number of aromatic nitrogens is 2. The molecule has 1 aromatic rings. The molecule has 0 bridgehead atoms. The summed E-state index contributed by atoms with van der Waals surface area (Å²) in [6, 6.07) is 1.94. The Hall–Kier alpha value is -0.830. The van der Waals surface area contributed by atoms with Gasteiger partial charge in [-0.15, -0.1) is 0 Å². The van der Waals surface area contributed by atoms with Crippen LogP contribution in [0.3, 0.4) is 0 Å². The van der Waals surface area contributed by atoms with Gasteiger partial charge >= 0.3 is 0 Å². The zero-order valence-electron chi connectivity index (χ0n) is 6.99. The van der Waals surface area contributed by atoms with Gasteiger partial charge < -0.3 is 5.11 Å². The third kappa shape index (κ3) is 2.05. The zero-order valence-corrected chi connectivity index (χ0v) is 6.99. The minimum absolute atomic E-state index is 0.281. The van der Waals surface area contributed by atoms with Crippen LogP contribution in [0, 0.1) is 0 Å². The van der Waals surface area contributed by atoms with E-state index in [1.165, 1.54) is 0 Å². The number of hydrogen-bond acceptors (Lipinski definition) is 2. The molecule has 0 saturated carbocycles. The van der Waals surface area contributed by atoms with Gasteiger partial charge in [-0.2, -0.15) is 5.10 Å². The van der Waals surface area contributed by atoms with Crippen LogP contribution in [0.2, 0.25) is 0 Å². The summed E-state index contributed by atoms with van der Waals surface area (Å²) in [5.41, 5.74) is 1.10. The van der Waals surface area contributed by atoms with Gasteiger partial charge in [0.1, 0.15) is 0 Å². The SMILES string of the molecule is CCn1nccc1CC(C)O. The van der Waals surface area contributed by atoms with Crippen molar-refractivity contribution in [1.29, 1.82) is 0 Å². The Morgan fingerprint density at radius 3 is 3.00 bits per heavy atom. The Balaban J connectivity index is 2.68. The van der Waals surface area contributed by atoms with Crippen LogP contribution in [0.25, 0.3) is 0 Å². The maximum absolute atomic E-state index is 9.10. The monoisotopic (exact) mass is 154 g/mol. The van der Waals surface area contributed by atoms with Crippen molar-refractivity contribution in [3.05, 3.63) is 18.0 Å². The predicted octanol–water partition coefficient (Wildman–Crippen LogP) is 0.826. The van der Waals surface area contributed by atoms with Crippen molar-refractivity contribution in [2.45, 2.75) is 32.9 Å². The van der Waals surface area contributed by atoms with E-state index in [1.807, 2.05) is 17.7 Å². The molecular weight excluding hydrogens is 140 g/mol. The number of aliphatic hydroxyl groups excluding tert-OH is 1. The number of hydrogen-bond donors (Lipinski definition) is 1. The van der Waals surface area contributed by atoms with Crippen LogP contribution in [0.1, 0.15) is 19.5 Å². The summed E-state index contributed by atoms with van der Waals surface area (Å²) in [4.78, 5) is 0. The maximum atomic E-state index is 9.10. The van der Waals surface area contributed by atoms with E-state index in [0.29, 0.717) is 6.42 Å². The van der Waals surface area contributed by atoms with Crippen molar-refractivity contribution in [1.82, 2.24) is 9.78 Å². The van der Waals surface area contributed by atoms with Crippen molar-refractivity contribution >= 4 is 0 Å². The summed E-state index contributed by atoms with van der Waals surface area (Å²) in [5.74, 6) is 0. The van der Waals surface area contributed by atoms with Gasteiger partial charge in [0.15, 0.2) is 0 Å². The first kappa shape index (κ1) is 8.27. The van der Waals surface area contributed by atoms with Crippen LogP contribution in [0.15, 0.2) is 12.3 Å². The fraction of sp³-hybridized carbons (Fsp3) is 0.625. The maximum Gasteiger partial charge on any atom is 0.0567 e. The molecule has 1 rings (SSSR count). The summed E-state index contributed by atoms with van der Waals surface area (Å²) in [6.45, 7) is 4.70. The molecule has 0 radical (unpaired) electrons. The lowest BCUT2D eigenvalue weighted by Crippen LogP contribution is -2.10. The van der Waals surface area contributed by atoms with E-state index in [1.54, 1.807) is 13.1 Å². The lowest BCUT2D eigenvalue weighted by atomic mass is 10.2. The molecule has 1 aromatic heterocycles. The van der Waals surface area contributed by atoms with Gasteiger partial charge in [0.05, 0.1) is 6.10 Å².